The van der Waals surface area contributed by atoms with Gasteiger partial charge in [0.05, 0.1) is 10.7 Å². The van der Waals surface area contributed by atoms with Crippen LogP contribution in [0.1, 0.15) is 20.7 Å². The summed E-state index contributed by atoms with van der Waals surface area (Å²) in [7, 11) is 0. The SMILES string of the molecule is Nc1cc(C(=O)Nc2ccc(O)c(C(=O)O)c2)ccc1Cl. The smallest absolute Gasteiger partial charge is 0.339 e. The third-order valence-corrected chi connectivity index (χ3v) is 3.09. The number of amides is 1. The minimum Gasteiger partial charge on any atom is -0.507 e. The molecule has 0 saturated heterocycles. The number of rotatable bonds is 3. The minimum atomic E-state index is -1.29. The number of halogens is 1. The molecule has 2 aromatic carbocycles. The van der Waals surface area contributed by atoms with Crippen LogP contribution in [0.3, 0.4) is 0 Å². The van der Waals surface area contributed by atoms with Crippen molar-refractivity contribution in [2.24, 2.45) is 0 Å². The molecule has 5 N–H and O–H groups in total. The van der Waals surface area contributed by atoms with E-state index < -0.39 is 11.9 Å². The number of hydrogen-bond acceptors (Lipinski definition) is 4. The van der Waals surface area contributed by atoms with Gasteiger partial charge in [0.1, 0.15) is 11.3 Å². The van der Waals surface area contributed by atoms with Crippen molar-refractivity contribution in [2.75, 3.05) is 11.1 Å². The van der Waals surface area contributed by atoms with Crippen LogP contribution < -0.4 is 11.1 Å². The van der Waals surface area contributed by atoms with Gasteiger partial charge in [0.15, 0.2) is 0 Å². The molecular formula is C14H11ClN2O4. The van der Waals surface area contributed by atoms with Gasteiger partial charge >= 0.3 is 5.97 Å². The van der Waals surface area contributed by atoms with E-state index in [1.807, 2.05) is 0 Å². The highest BCUT2D eigenvalue weighted by Gasteiger charge is 2.13. The molecule has 0 aliphatic heterocycles. The second-order valence-electron chi connectivity index (χ2n) is 4.23. The number of carbonyl (C=O) groups is 2. The summed E-state index contributed by atoms with van der Waals surface area (Å²) in [6.07, 6.45) is 0. The van der Waals surface area contributed by atoms with Crippen molar-refractivity contribution in [3.63, 3.8) is 0 Å². The van der Waals surface area contributed by atoms with Crippen molar-refractivity contribution in [1.29, 1.82) is 0 Å². The fourth-order valence-corrected chi connectivity index (χ4v) is 1.79. The molecule has 6 nitrogen and oxygen atoms in total. The highest BCUT2D eigenvalue weighted by molar-refractivity contribution is 6.33. The number of carboxylic acids is 1. The Morgan fingerprint density at radius 3 is 2.48 bits per heavy atom. The van der Waals surface area contributed by atoms with Crippen molar-refractivity contribution in [3.05, 3.63) is 52.5 Å². The number of benzene rings is 2. The third-order valence-electron chi connectivity index (χ3n) is 2.74. The van der Waals surface area contributed by atoms with E-state index in [4.69, 9.17) is 22.4 Å². The largest absolute Gasteiger partial charge is 0.507 e. The number of phenols is 1. The molecule has 0 radical (unpaired) electrons. The Labute approximate surface area is 124 Å². The van der Waals surface area contributed by atoms with Gasteiger partial charge in [-0.15, -0.1) is 0 Å². The van der Waals surface area contributed by atoms with Gasteiger partial charge < -0.3 is 21.3 Å². The molecular weight excluding hydrogens is 296 g/mol. The maximum Gasteiger partial charge on any atom is 0.339 e. The Morgan fingerprint density at radius 1 is 1.14 bits per heavy atom. The summed E-state index contributed by atoms with van der Waals surface area (Å²) in [5.74, 6) is -2.14. The molecule has 2 aromatic rings. The second kappa shape index (κ2) is 5.72. The van der Waals surface area contributed by atoms with E-state index in [-0.39, 0.29) is 28.3 Å². The normalized spacial score (nSPS) is 10.1. The van der Waals surface area contributed by atoms with E-state index in [9.17, 15) is 14.7 Å². The number of aromatic hydroxyl groups is 1. The van der Waals surface area contributed by atoms with Gasteiger partial charge in [-0.3, -0.25) is 4.79 Å². The first kappa shape index (κ1) is 14.7. The number of nitrogens with two attached hydrogens (primary N) is 1. The van der Waals surface area contributed by atoms with Gasteiger partial charge in [-0.05, 0) is 36.4 Å². The molecule has 0 spiro atoms. The molecule has 0 bridgehead atoms. The molecule has 0 atom stereocenters. The van der Waals surface area contributed by atoms with Crippen molar-refractivity contribution >= 4 is 34.9 Å². The van der Waals surface area contributed by atoms with Crippen LogP contribution in [-0.4, -0.2) is 22.1 Å². The summed E-state index contributed by atoms with van der Waals surface area (Å²) in [5.41, 5.74) is 6.09. The number of anilines is 2. The van der Waals surface area contributed by atoms with Crippen LogP contribution in [0, 0.1) is 0 Å². The van der Waals surface area contributed by atoms with Crippen LogP contribution in [-0.2, 0) is 0 Å². The Kier molecular flexibility index (Phi) is 4.00. The van der Waals surface area contributed by atoms with Crippen molar-refractivity contribution in [2.45, 2.75) is 0 Å². The first-order chi connectivity index (χ1) is 9.88. The fraction of sp³-hybridized carbons (Fsp3) is 0. The van der Waals surface area contributed by atoms with Gasteiger partial charge in [0.2, 0.25) is 0 Å². The number of aromatic carboxylic acids is 1. The molecule has 0 heterocycles. The quantitative estimate of drug-likeness (QED) is 0.514. The summed E-state index contributed by atoms with van der Waals surface area (Å²) in [5, 5.41) is 21.2. The summed E-state index contributed by atoms with van der Waals surface area (Å²) < 4.78 is 0. The summed E-state index contributed by atoms with van der Waals surface area (Å²) in [6.45, 7) is 0. The third kappa shape index (κ3) is 3.24. The van der Waals surface area contributed by atoms with Crippen molar-refractivity contribution in [1.82, 2.24) is 0 Å². The van der Waals surface area contributed by atoms with Crippen LogP contribution in [0.4, 0.5) is 11.4 Å². The van der Waals surface area contributed by atoms with Crippen LogP contribution in [0.25, 0.3) is 0 Å². The maximum absolute atomic E-state index is 12.0. The Bertz CT molecular complexity index is 731. The molecule has 0 unspecified atom stereocenters. The lowest BCUT2D eigenvalue weighted by Crippen LogP contribution is -2.12. The molecule has 108 valence electrons. The lowest BCUT2D eigenvalue weighted by atomic mass is 10.1. The molecule has 1 amide bonds. The zero-order valence-corrected chi connectivity index (χ0v) is 11.4. The standard InChI is InChI=1S/C14H11ClN2O4/c15-10-3-1-7(5-11(10)16)13(19)17-8-2-4-12(18)9(6-8)14(20)21/h1-6,18H,16H2,(H,17,19)(H,20,21). The molecule has 21 heavy (non-hydrogen) atoms. The lowest BCUT2D eigenvalue weighted by molar-refractivity contribution is 0.0693. The number of carbonyl (C=O) groups excluding carboxylic acids is 1. The molecule has 7 heteroatoms. The summed E-state index contributed by atoms with van der Waals surface area (Å²) >= 11 is 5.77. The second-order valence-corrected chi connectivity index (χ2v) is 4.63. The first-order valence-corrected chi connectivity index (χ1v) is 6.19. The van der Waals surface area contributed by atoms with Gasteiger partial charge in [-0.25, -0.2) is 4.79 Å². The predicted molar refractivity (Wildman–Crippen MR) is 78.9 cm³/mol. The Balaban J connectivity index is 2.25. The Hall–Kier alpha value is -2.73. The Morgan fingerprint density at radius 2 is 1.86 bits per heavy atom. The zero-order valence-electron chi connectivity index (χ0n) is 10.6. The number of carboxylic acid groups (broad SMARTS) is 1. The van der Waals surface area contributed by atoms with Gasteiger partial charge in [-0.1, -0.05) is 11.6 Å². The molecule has 0 aliphatic carbocycles. The lowest BCUT2D eigenvalue weighted by Gasteiger charge is -2.08. The van der Waals surface area contributed by atoms with E-state index in [1.165, 1.54) is 30.3 Å². The summed E-state index contributed by atoms with van der Waals surface area (Å²) in [6, 6.07) is 8.14. The van der Waals surface area contributed by atoms with Gasteiger partial charge in [0.25, 0.3) is 5.91 Å². The topological polar surface area (TPSA) is 113 Å². The molecule has 0 saturated carbocycles. The van der Waals surface area contributed by atoms with Crippen LogP contribution >= 0.6 is 11.6 Å². The van der Waals surface area contributed by atoms with Crippen LogP contribution in [0.15, 0.2) is 36.4 Å². The van der Waals surface area contributed by atoms with Gasteiger partial charge in [0, 0.05) is 11.3 Å². The van der Waals surface area contributed by atoms with E-state index in [2.05, 4.69) is 5.32 Å². The highest BCUT2D eigenvalue weighted by Crippen LogP contribution is 2.23. The number of hydrogen-bond donors (Lipinski definition) is 4. The van der Waals surface area contributed by atoms with E-state index in [0.717, 1.165) is 6.07 Å². The number of nitrogen functional groups attached to an aromatic ring is 1. The number of nitrogens with one attached hydrogen (secondary N) is 1. The molecule has 2 rings (SSSR count). The fourth-order valence-electron chi connectivity index (χ4n) is 1.67. The maximum atomic E-state index is 12.0. The first-order valence-electron chi connectivity index (χ1n) is 5.81. The molecule has 0 fully saturated rings. The van der Waals surface area contributed by atoms with Crippen LogP contribution in [0.2, 0.25) is 5.02 Å². The van der Waals surface area contributed by atoms with E-state index >= 15 is 0 Å². The van der Waals surface area contributed by atoms with Crippen molar-refractivity contribution < 1.29 is 19.8 Å². The molecule has 0 aromatic heterocycles. The molecule has 0 aliphatic rings. The van der Waals surface area contributed by atoms with Crippen LogP contribution in [0.5, 0.6) is 5.75 Å². The summed E-state index contributed by atoms with van der Waals surface area (Å²) in [4.78, 5) is 22.9. The minimum absolute atomic E-state index is 0.240. The van der Waals surface area contributed by atoms with Gasteiger partial charge in [-0.2, -0.15) is 0 Å². The van der Waals surface area contributed by atoms with E-state index in [1.54, 1.807) is 0 Å². The van der Waals surface area contributed by atoms with Crippen molar-refractivity contribution in [3.8, 4) is 5.75 Å². The monoisotopic (exact) mass is 306 g/mol. The van der Waals surface area contributed by atoms with E-state index in [0.29, 0.717) is 5.02 Å². The highest BCUT2D eigenvalue weighted by atomic mass is 35.5. The predicted octanol–water partition coefficient (Wildman–Crippen LogP) is 2.58. The average Bonchev–Trinajstić information content (AvgIpc) is 2.43. The average molecular weight is 307 g/mol. The zero-order chi connectivity index (χ0) is 15.6.